The van der Waals surface area contributed by atoms with Crippen LogP contribution < -0.4 is 5.32 Å². The zero-order valence-electron chi connectivity index (χ0n) is 13.9. The van der Waals surface area contributed by atoms with E-state index in [2.05, 4.69) is 5.32 Å². The summed E-state index contributed by atoms with van der Waals surface area (Å²) in [6.45, 7) is 4.73. The Hall–Kier alpha value is -1.91. The fourth-order valence-electron chi connectivity index (χ4n) is 3.01. The lowest BCUT2D eigenvalue weighted by molar-refractivity contribution is 0.101. The number of halogens is 1. The second-order valence-electron chi connectivity index (χ2n) is 5.57. The molecule has 0 aliphatic rings. The molecule has 0 radical (unpaired) electrons. The van der Waals surface area contributed by atoms with Crippen molar-refractivity contribution in [3.8, 4) is 0 Å². The van der Waals surface area contributed by atoms with E-state index in [4.69, 9.17) is 11.6 Å². The Labute approximate surface area is 151 Å². The molecule has 0 aliphatic heterocycles. The number of aryl methyl sites for hydroxylation is 2. The fraction of sp³-hybridized carbons (Fsp3) is 0.211. The molecule has 0 bridgehead atoms. The molecule has 3 aromatic rings. The molecule has 1 heterocycles. The number of nitrogens with zero attached hydrogens (tertiary/aromatic N) is 1. The van der Waals surface area contributed by atoms with Crippen LogP contribution in [0, 0.1) is 6.92 Å². The van der Waals surface area contributed by atoms with Gasteiger partial charge in [0.25, 0.3) is 5.91 Å². The summed E-state index contributed by atoms with van der Waals surface area (Å²) in [7, 11) is 0. The summed E-state index contributed by atoms with van der Waals surface area (Å²) in [5.74, 6) is -0.0973. The number of fused-ring (bicyclic) bond motifs is 1. The van der Waals surface area contributed by atoms with Crippen molar-refractivity contribution >= 4 is 45.9 Å². The first-order valence-electron chi connectivity index (χ1n) is 7.79. The minimum atomic E-state index is -0.0973. The SMILES string of the molecule is CCn1c(C(=O)Nc2cccc(SC)c2)c(C)c2cc(Cl)ccc21. The highest BCUT2D eigenvalue weighted by atomic mass is 35.5. The maximum absolute atomic E-state index is 12.9. The lowest BCUT2D eigenvalue weighted by Gasteiger charge is -2.10. The molecule has 0 atom stereocenters. The number of aromatic nitrogens is 1. The third kappa shape index (κ3) is 3.04. The Kier molecular flexibility index (Phi) is 4.88. The molecule has 3 rings (SSSR count). The summed E-state index contributed by atoms with van der Waals surface area (Å²) in [6.07, 6.45) is 2.02. The van der Waals surface area contributed by atoms with Crippen LogP contribution in [0.4, 0.5) is 5.69 Å². The lowest BCUT2D eigenvalue weighted by atomic mass is 10.1. The number of anilines is 1. The second-order valence-corrected chi connectivity index (χ2v) is 6.88. The molecule has 0 spiro atoms. The second kappa shape index (κ2) is 6.91. The first-order chi connectivity index (χ1) is 11.5. The number of thioether (sulfide) groups is 1. The summed E-state index contributed by atoms with van der Waals surface area (Å²) in [5.41, 5.74) is 3.47. The van der Waals surface area contributed by atoms with E-state index < -0.39 is 0 Å². The zero-order chi connectivity index (χ0) is 17.3. The van der Waals surface area contributed by atoms with Gasteiger partial charge in [-0.3, -0.25) is 4.79 Å². The van der Waals surface area contributed by atoms with E-state index in [0.717, 1.165) is 33.6 Å². The third-order valence-electron chi connectivity index (χ3n) is 4.14. The van der Waals surface area contributed by atoms with E-state index in [0.29, 0.717) is 10.7 Å². The van der Waals surface area contributed by atoms with Crippen molar-refractivity contribution < 1.29 is 4.79 Å². The number of carbonyl (C=O) groups excluding carboxylic acids is 1. The van der Waals surface area contributed by atoms with Gasteiger partial charge in [-0.1, -0.05) is 17.7 Å². The van der Waals surface area contributed by atoms with Crippen LogP contribution in [0.2, 0.25) is 5.02 Å². The van der Waals surface area contributed by atoms with Crippen LogP contribution in [0.1, 0.15) is 23.0 Å². The average molecular weight is 359 g/mol. The monoisotopic (exact) mass is 358 g/mol. The molecule has 0 saturated carbocycles. The van der Waals surface area contributed by atoms with Gasteiger partial charge in [0.05, 0.1) is 0 Å². The van der Waals surface area contributed by atoms with Crippen molar-refractivity contribution in [1.82, 2.24) is 4.57 Å². The Morgan fingerprint density at radius 3 is 2.75 bits per heavy atom. The quantitative estimate of drug-likeness (QED) is 0.616. The highest BCUT2D eigenvalue weighted by Gasteiger charge is 2.19. The predicted octanol–water partition coefficient (Wildman–Crippen LogP) is 5.60. The van der Waals surface area contributed by atoms with Crippen LogP contribution in [0.5, 0.6) is 0 Å². The molecule has 0 unspecified atom stereocenters. The van der Waals surface area contributed by atoms with Crippen LogP contribution >= 0.6 is 23.4 Å². The largest absolute Gasteiger partial charge is 0.337 e. The summed E-state index contributed by atoms with van der Waals surface area (Å²) in [5, 5.41) is 4.72. The van der Waals surface area contributed by atoms with E-state index in [-0.39, 0.29) is 5.91 Å². The van der Waals surface area contributed by atoms with Gasteiger partial charge in [0.2, 0.25) is 0 Å². The Morgan fingerprint density at radius 1 is 1.25 bits per heavy atom. The van der Waals surface area contributed by atoms with Gasteiger partial charge in [-0.2, -0.15) is 0 Å². The zero-order valence-corrected chi connectivity index (χ0v) is 15.5. The maximum atomic E-state index is 12.9. The molecule has 124 valence electrons. The standard InChI is InChI=1S/C19H19ClN2OS/c1-4-22-17-9-8-13(20)10-16(17)12(2)18(22)19(23)21-14-6-5-7-15(11-14)24-3/h5-11H,4H2,1-3H3,(H,21,23). The van der Waals surface area contributed by atoms with E-state index in [1.807, 2.05) is 67.1 Å². The molecule has 0 aliphatic carbocycles. The molecule has 1 aromatic heterocycles. The number of hydrogen-bond donors (Lipinski definition) is 1. The van der Waals surface area contributed by atoms with Gasteiger partial charge in [0.1, 0.15) is 5.69 Å². The molecule has 1 N–H and O–H groups in total. The molecular weight excluding hydrogens is 340 g/mol. The Bertz CT molecular complexity index is 917. The lowest BCUT2D eigenvalue weighted by Crippen LogP contribution is -2.17. The van der Waals surface area contributed by atoms with Crippen LogP contribution in [0.3, 0.4) is 0 Å². The van der Waals surface area contributed by atoms with Crippen molar-refractivity contribution in [2.45, 2.75) is 25.3 Å². The molecule has 5 heteroatoms. The molecule has 3 nitrogen and oxygen atoms in total. The normalized spacial score (nSPS) is 11.0. The molecular formula is C19H19ClN2OS. The van der Waals surface area contributed by atoms with Crippen molar-refractivity contribution in [1.29, 1.82) is 0 Å². The van der Waals surface area contributed by atoms with Crippen LogP contribution in [0.25, 0.3) is 10.9 Å². The number of hydrogen-bond acceptors (Lipinski definition) is 2. The van der Waals surface area contributed by atoms with Crippen molar-refractivity contribution in [2.75, 3.05) is 11.6 Å². The summed E-state index contributed by atoms with van der Waals surface area (Å²) < 4.78 is 2.04. The summed E-state index contributed by atoms with van der Waals surface area (Å²) >= 11 is 7.78. The van der Waals surface area contributed by atoms with Gasteiger partial charge < -0.3 is 9.88 Å². The molecule has 0 fully saturated rings. The van der Waals surface area contributed by atoms with Gasteiger partial charge in [-0.05, 0) is 62.1 Å². The molecule has 2 aromatic carbocycles. The Morgan fingerprint density at radius 2 is 2.04 bits per heavy atom. The van der Waals surface area contributed by atoms with Crippen molar-refractivity contribution in [2.24, 2.45) is 0 Å². The number of amides is 1. The number of rotatable bonds is 4. The van der Waals surface area contributed by atoms with Gasteiger partial charge in [-0.25, -0.2) is 0 Å². The first-order valence-corrected chi connectivity index (χ1v) is 9.39. The fourth-order valence-corrected chi connectivity index (χ4v) is 3.64. The van der Waals surface area contributed by atoms with Crippen molar-refractivity contribution in [3.63, 3.8) is 0 Å². The number of carbonyl (C=O) groups is 1. The topological polar surface area (TPSA) is 34.0 Å². The minimum Gasteiger partial charge on any atom is -0.337 e. The summed E-state index contributed by atoms with van der Waals surface area (Å²) in [4.78, 5) is 14.0. The first kappa shape index (κ1) is 16.9. The molecule has 1 amide bonds. The minimum absolute atomic E-state index is 0.0973. The van der Waals surface area contributed by atoms with Gasteiger partial charge in [-0.15, -0.1) is 11.8 Å². The van der Waals surface area contributed by atoms with E-state index >= 15 is 0 Å². The molecule has 0 saturated heterocycles. The number of benzene rings is 2. The summed E-state index contributed by atoms with van der Waals surface area (Å²) in [6, 6.07) is 13.6. The van der Waals surface area contributed by atoms with Crippen LogP contribution in [-0.2, 0) is 6.54 Å². The van der Waals surface area contributed by atoms with E-state index in [9.17, 15) is 4.79 Å². The third-order valence-corrected chi connectivity index (χ3v) is 5.10. The highest BCUT2D eigenvalue weighted by molar-refractivity contribution is 7.98. The maximum Gasteiger partial charge on any atom is 0.272 e. The Balaban J connectivity index is 2.04. The number of nitrogens with one attached hydrogen (secondary N) is 1. The van der Waals surface area contributed by atoms with E-state index in [1.165, 1.54) is 0 Å². The van der Waals surface area contributed by atoms with Crippen LogP contribution in [0.15, 0.2) is 47.4 Å². The van der Waals surface area contributed by atoms with Gasteiger partial charge in [0, 0.05) is 33.1 Å². The molecule has 24 heavy (non-hydrogen) atoms. The average Bonchev–Trinajstić information content (AvgIpc) is 2.86. The van der Waals surface area contributed by atoms with Crippen LogP contribution in [-0.4, -0.2) is 16.7 Å². The smallest absolute Gasteiger partial charge is 0.272 e. The van der Waals surface area contributed by atoms with E-state index in [1.54, 1.807) is 11.8 Å². The van der Waals surface area contributed by atoms with Gasteiger partial charge >= 0.3 is 0 Å². The predicted molar refractivity (Wildman–Crippen MR) is 104 cm³/mol. The highest BCUT2D eigenvalue weighted by Crippen LogP contribution is 2.29. The van der Waals surface area contributed by atoms with Gasteiger partial charge in [0.15, 0.2) is 0 Å². The van der Waals surface area contributed by atoms with Crippen molar-refractivity contribution in [3.05, 3.63) is 58.7 Å².